The van der Waals surface area contributed by atoms with Crippen LogP contribution in [0.15, 0.2) is 58.8 Å². The highest BCUT2D eigenvalue weighted by Gasteiger charge is 2.14. The van der Waals surface area contributed by atoms with Crippen molar-refractivity contribution < 1.29 is 12.8 Å². The zero-order valence-electron chi connectivity index (χ0n) is 13.6. The summed E-state index contributed by atoms with van der Waals surface area (Å²) in [6, 6.07) is 12.8. The minimum Gasteiger partial charge on any atom is -0.241 e. The molecule has 0 saturated heterocycles. The fraction of sp³-hybridized carbons (Fsp3) is 0.167. The quantitative estimate of drug-likeness (QED) is 0.712. The summed E-state index contributed by atoms with van der Waals surface area (Å²) in [5.41, 5.74) is 3.08. The fourth-order valence-corrected chi connectivity index (χ4v) is 4.34. The average molecular weight is 376 g/mol. The molecule has 2 aromatic carbocycles. The van der Waals surface area contributed by atoms with Crippen molar-refractivity contribution >= 4 is 21.4 Å². The molecule has 0 aliphatic rings. The van der Waals surface area contributed by atoms with Crippen molar-refractivity contribution in [1.82, 2.24) is 9.71 Å². The van der Waals surface area contributed by atoms with Crippen LogP contribution >= 0.6 is 11.3 Å². The Morgan fingerprint density at radius 2 is 1.84 bits per heavy atom. The number of thiazole rings is 1. The zero-order chi connectivity index (χ0) is 17.9. The summed E-state index contributed by atoms with van der Waals surface area (Å²) in [7, 11) is -3.64. The lowest BCUT2D eigenvalue weighted by atomic mass is 10.1. The van der Waals surface area contributed by atoms with Gasteiger partial charge in [-0.15, -0.1) is 11.3 Å². The number of hydrogen-bond donors (Lipinski definition) is 1. The third kappa shape index (κ3) is 4.31. The Bertz CT molecular complexity index is 967. The summed E-state index contributed by atoms with van der Waals surface area (Å²) in [5, 5.41) is 2.86. The molecule has 0 unspecified atom stereocenters. The fourth-order valence-electron chi connectivity index (χ4n) is 2.37. The predicted molar refractivity (Wildman–Crippen MR) is 97.6 cm³/mol. The Balaban J connectivity index is 1.63. The highest BCUT2D eigenvalue weighted by molar-refractivity contribution is 7.89. The maximum atomic E-state index is 12.9. The van der Waals surface area contributed by atoms with Gasteiger partial charge in [-0.1, -0.05) is 24.3 Å². The molecule has 1 heterocycles. The molecule has 0 aliphatic heterocycles. The molecule has 0 atom stereocenters. The van der Waals surface area contributed by atoms with E-state index in [2.05, 4.69) is 9.71 Å². The van der Waals surface area contributed by atoms with E-state index < -0.39 is 15.8 Å². The van der Waals surface area contributed by atoms with Gasteiger partial charge in [-0.2, -0.15) is 0 Å². The molecule has 1 aromatic heterocycles. The van der Waals surface area contributed by atoms with Crippen molar-refractivity contribution in [2.24, 2.45) is 0 Å². The van der Waals surface area contributed by atoms with Gasteiger partial charge < -0.3 is 0 Å². The lowest BCUT2D eigenvalue weighted by molar-refractivity contribution is 0.580. The number of nitrogens with one attached hydrogen (secondary N) is 1. The molecule has 4 nitrogen and oxygen atoms in total. The van der Waals surface area contributed by atoms with Crippen LogP contribution in [0.2, 0.25) is 0 Å². The second-order valence-corrected chi connectivity index (χ2v) is 8.19. The number of hydrogen-bond acceptors (Lipinski definition) is 4. The molecule has 0 amide bonds. The van der Waals surface area contributed by atoms with E-state index in [0.717, 1.165) is 34.0 Å². The van der Waals surface area contributed by atoms with Gasteiger partial charge in [-0.25, -0.2) is 22.5 Å². The molecule has 130 valence electrons. The third-order valence-electron chi connectivity index (χ3n) is 3.72. The molecule has 0 saturated carbocycles. The van der Waals surface area contributed by atoms with Crippen LogP contribution in [0, 0.1) is 12.7 Å². The van der Waals surface area contributed by atoms with Crippen molar-refractivity contribution in [3.8, 4) is 10.6 Å². The van der Waals surface area contributed by atoms with Crippen LogP contribution in [0.4, 0.5) is 4.39 Å². The zero-order valence-corrected chi connectivity index (χ0v) is 15.2. The van der Waals surface area contributed by atoms with E-state index in [1.54, 1.807) is 11.3 Å². The number of halogens is 1. The average Bonchev–Trinajstić information content (AvgIpc) is 3.04. The van der Waals surface area contributed by atoms with Crippen molar-refractivity contribution in [3.05, 3.63) is 71.0 Å². The van der Waals surface area contributed by atoms with E-state index in [0.29, 0.717) is 6.42 Å². The summed E-state index contributed by atoms with van der Waals surface area (Å²) in [6.07, 6.45) is 0.489. The number of sulfonamides is 1. The summed E-state index contributed by atoms with van der Waals surface area (Å²) in [6.45, 7) is 2.27. The number of benzene rings is 2. The first-order valence-electron chi connectivity index (χ1n) is 7.71. The van der Waals surface area contributed by atoms with E-state index in [1.165, 1.54) is 12.1 Å². The molecule has 0 fully saturated rings. The van der Waals surface area contributed by atoms with Gasteiger partial charge in [0.25, 0.3) is 0 Å². The Kier molecular flexibility index (Phi) is 5.27. The van der Waals surface area contributed by atoms with Gasteiger partial charge in [-0.05, 0) is 36.8 Å². The van der Waals surface area contributed by atoms with Crippen molar-refractivity contribution in [1.29, 1.82) is 0 Å². The summed E-state index contributed by atoms with van der Waals surface area (Å²) < 4.78 is 39.7. The number of rotatable bonds is 6. The highest BCUT2D eigenvalue weighted by atomic mass is 32.2. The van der Waals surface area contributed by atoms with Gasteiger partial charge in [0.1, 0.15) is 10.8 Å². The second-order valence-electron chi connectivity index (χ2n) is 5.56. The Labute approximate surface area is 150 Å². The lowest BCUT2D eigenvalue weighted by Crippen LogP contribution is -2.26. The van der Waals surface area contributed by atoms with E-state index in [9.17, 15) is 12.8 Å². The number of aryl methyl sites for hydroxylation is 1. The normalized spacial score (nSPS) is 11.6. The first-order chi connectivity index (χ1) is 12.0. The second kappa shape index (κ2) is 7.43. The molecule has 0 bridgehead atoms. The lowest BCUT2D eigenvalue weighted by Gasteiger charge is -2.05. The maximum absolute atomic E-state index is 12.9. The van der Waals surface area contributed by atoms with Gasteiger partial charge in [-0.3, -0.25) is 0 Å². The molecule has 0 radical (unpaired) electrons. The molecule has 7 heteroatoms. The van der Waals surface area contributed by atoms with Gasteiger partial charge >= 0.3 is 0 Å². The summed E-state index contributed by atoms with van der Waals surface area (Å²) in [4.78, 5) is 4.63. The van der Waals surface area contributed by atoms with Crippen molar-refractivity contribution in [3.63, 3.8) is 0 Å². The third-order valence-corrected chi connectivity index (χ3v) is 6.13. The van der Waals surface area contributed by atoms with Gasteiger partial charge in [0.05, 0.1) is 10.6 Å². The molecule has 0 spiro atoms. The van der Waals surface area contributed by atoms with Crippen LogP contribution < -0.4 is 4.72 Å². The summed E-state index contributed by atoms with van der Waals surface area (Å²) >= 11 is 1.54. The summed E-state index contributed by atoms with van der Waals surface area (Å²) in [5.74, 6) is -0.467. The monoisotopic (exact) mass is 376 g/mol. The van der Waals surface area contributed by atoms with Gasteiger partial charge in [0.2, 0.25) is 10.0 Å². The van der Waals surface area contributed by atoms with Crippen LogP contribution in [0.3, 0.4) is 0 Å². The number of aromatic nitrogens is 1. The molecule has 0 aliphatic carbocycles. The molecule has 3 rings (SSSR count). The molecular weight excluding hydrogens is 359 g/mol. The van der Waals surface area contributed by atoms with Crippen LogP contribution in [-0.4, -0.2) is 19.9 Å². The number of nitrogens with zero attached hydrogens (tertiary/aromatic N) is 1. The standard InChI is InChI=1S/C18H17FN2O2S2/c1-13-4-2-3-5-17(13)18-21-15(12-24-18)10-11-20-25(22,23)16-8-6-14(19)7-9-16/h2-9,12,20H,10-11H2,1H3. The molecular formula is C18H17FN2O2S2. The molecule has 1 N–H and O–H groups in total. The van der Waals surface area contributed by atoms with E-state index in [4.69, 9.17) is 0 Å². The van der Waals surface area contributed by atoms with Crippen molar-refractivity contribution in [2.45, 2.75) is 18.2 Å². The van der Waals surface area contributed by atoms with Gasteiger partial charge in [0.15, 0.2) is 0 Å². The van der Waals surface area contributed by atoms with Gasteiger partial charge in [0, 0.05) is 23.9 Å². The van der Waals surface area contributed by atoms with Crippen LogP contribution in [0.5, 0.6) is 0 Å². The topological polar surface area (TPSA) is 59.1 Å². The molecule has 25 heavy (non-hydrogen) atoms. The van der Waals surface area contributed by atoms with E-state index in [-0.39, 0.29) is 11.4 Å². The smallest absolute Gasteiger partial charge is 0.240 e. The Morgan fingerprint density at radius 3 is 2.56 bits per heavy atom. The predicted octanol–water partition coefficient (Wildman–Crippen LogP) is 3.78. The minimum absolute atomic E-state index is 0.0489. The highest BCUT2D eigenvalue weighted by Crippen LogP contribution is 2.26. The van der Waals surface area contributed by atoms with Crippen LogP contribution in [0.1, 0.15) is 11.3 Å². The maximum Gasteiger partial charge on any atom is 0.240 e. The SMILES string of the molecule is Cc1ccccc1-c1nc(CCNS(=O)(=O)c2ccc(F)cc2)cs1. The van der Waals surface area contributed by atoms with Crippen molar-refractivity contribution in [2.75, 3.05) is 6.54 Å². The minimum atomic E-state index is -3.64. The first kappa shape index (κ1) is 17.7. The van der Waals surface area contributed by atoms with E-state index >= 15 is 0 Å². The Morgan fingerprint density at radius 1 is 1.12 bits per heavy atom. The Hall–Kier alpha value is -2.09. The van der Waals surface area contributed by atoms with E-state index in [1.807, 2.05) is 36.6 Å². The van der Waals surface area contributed by atoms with Crippen LogP contribution in [-0.2, 0) is 16.4 Å². The largest absolute Gasteiger partial charge is 0.241 e. The first-order valence-corrected chi connectivity index (χ1v) is 10.1. The van der Waals surface area contributed by atoms with Crippen LogP contribution in [0.25, 0.3) is 10.6 Å². The molecule has 3 aromatic rings.